The maximum absolute atomic E-state index is 13.7. The predicted molar refractivity (Wildman–Crippen MR) is 130 cm³/mol. The molecule has 0 atom stereocenters. The van der Waals surface area contributed by atoms with Gasteiger partial charge in [-0.2, -0.15) is 0 Å². The highest BCUT2D eigenvalue weighted by atomic mass is 19.1. The first kappa shape index (κ1) is 23.7. The summed E-state index contributed by atoms with van der Waals surface area (Å²) in [6, 6.07) is 18.4. The van der Waals surface area contributed by atoms with Crippen molar-refractivity contribution in [1.82, 2.24) is 4.98 Å². The van der Waals surface area contributed by atoms with Crippen molar-refractivity contribution in [3.8, 4) is 22.8 Å². The Morgan fingerprint density at radius 2 is 1.71 bits per heavy atom. The van der Waals surface area contributed by atoms with Crippen LogP contribution in [0.3, 0.4) is 0 Å². The molecule has 0 bridgehead atoms. The largest absolute Gasteiger partial charge is 0.493 e. The third-order valence-electron chi connectivity index (χ3n) is 5.41. The van der Waals surface area contributed by atoms with E-state index < -0.39 is 24.3 Å². The minimum Gasteiger partial charge on any atom is -0.493 e. The molecule has 1 N–H and O–H groups in total. The summed E-state index contributed by atoms with van der Waals surface area (Å²) in [5.41, 5.74) is 2.82. The average Bonchev–Trinajstić information content (AvgIpc) is 2.88. The maximum atomic E-state index is 13.7. The molecule has 0 aliphatic carbocycles. The first-order valence-electron chi connectivity index (χ1n) is 10.7. The monoisotopic (exact) mass is 474 g/mol. The second-order valence-corrected chi connectivity index (χ2v) is 7.73. The summed E-state index contributed by atoms with van der Waals surface area (Å²) in [5, 5.41) is 3.11. The number of para-hydroxylation sites is 1. The van der Waals surface area contributed by atoms with E-state index in [1.807, 2.05) is 12.1 Å². The third-order valence-corrected chi connectivity index (χ3v) is 5.41. The van der Waals surface area contributed by atoms with Gasteiger partial charge in [-0.05, 0) is 55.0 Å². The number of hydrogen-bond acceptors (Lipinski definition) is 6. The van der Waals surface area contributed by atoms with Crippen LogP contribution in [0, 0.1) is 12.7 Å². The van der Waals surface area contributed by atoms with Gasteiger partial charge in [-0.15, -0.1) is 0 Å². The van der Waals surface area contributed by atoms with Gasteiger partial charge in [0.1, 0.15) is 5.82 Å². The Bertz CT molecular complexity index is 1420. The minimum absolute atomic E-state index is 0.259. The highest BCUT2D eigenvalue weighted by Crippen LogP contribution is 2.33. The average molecular weight is 474 g/mol. The first-order chi connectivity index (χ1) is 16.9. The van der Waals surface area contributed by atoms with E-state index in [1.54, 1.807) is 62.6 Å². The predicted octanol–water partition coefficient (Wildman–Crippen LogP) is 5.16. The van der Waals surface area contributed by atoms with Crippen LogP contribution in [0.25, 0.3) is 22.2 Å². The second-order valence-electron chi connectivity index (χ2n) is 7.73. The Morgan fingerprint density at radius 1 is 0.943 bits per heavy atom. The number of benzene rings is 3. The zero-order valence-electron chi connectivity index (χ0n) is 19.4. The van der Waals surface area contributed by atoms with E-state index >= 15 is 0 Å². The number of methoxy groups -OCH3 is 2. The summed E-state index contributed by atoms with van der Waals surface area (Å²) in [6.07, 6.45) is 0. The fraction of sp³-hybridized carbons (Fsp3) is 0.148. The van der Waals surface area contributed by atoms with Crippen LogP contribution in [0.4, 0.5) is 10.1 Å². The molecule has 8 heteroatoms. The molecule has 0 saturated carbocycles. The Kier molecular flexibility index (Phi) is 6.91. The molecule has 4 aromatic rings. The number of aromatic nitrogens is 1. The van der Waals surface area contributed by atoms with Crippen molar-refractivity contribution in [2.75, 3.05) is 26.1 Å². The maximum Gasteiger partial charge on any atom is 0.339 e. The molecule has 0 aliphatic heterocycles. The van der Waals surface area contributed by atoms with Crippen LogP contribution in [0.1, 0.15) is 15.9 Å². The van der Waals surface area contributed by atoms with Gasteiger partial charge in [0.2, 0.25) is 0 Å². The van der Waals surface area contributed by atoms with E-state index in [4.69, 9.17) is 14.2 Å². The molecular weight excluding hydrogens is 451 g/mol. The fourth-order valence-corrected chi connectivity index (χ4v) is 3.56. The van der Waals surface area contributed by atoms with Gasteiger partial charge in [-0.25, -0.2) is 14.2 Å². The summed E-state index contributed by atoms with van der Waals surface area (Å²) >= 11 is 0. The molecule has 3 aromatic carbocycles. The van der Waals surface area contributed by atoms with Crippen LogP contribution in [-0.2, 0) is 9.53 Å². The molecule has 0 radical (unpaired) electrons. The van der Waals surface area contributed by atoms with Gasteiger partial charge in [0.25, 0.3) is 5.91 Å². The quantitative estimate of drug-likeness (QED) is 0.372. The second kappa shape index (κ2) is 10.2. The van der Waals surface area contributed by atoms with Crippen molar-refractivity contribution in [3.05, 3.63) is 83.7 Å². The Balaban J connectivity index is 1.59. The Morgan fingerprint density at radius 3 is 2.46 bits per heavy atom. The van der Waals surface area contributed by atoms with Gasteiger partial charge in [0, 0.05) is 16.6 Å². The molecule has 0 spiro atoms. The summed E-state index contributed by atoms with van der Waals surface area (Å²) in [7, 11) is 3.08. The fourth-order valence-electron chi connectivity index (χ4n) is 3.56. The molecule has 1 aromatic heterocycles. The molecule has 7 nitrogen and oxygen atoms in total. The van der Waals surface area contributed by atoms with E-state index in [9.17, 15) is 14.0 Å². The van der Waals surface area contributed by atoms with E-state index in [2.05, 4.69) is 10.3 Å². The van der Waals surface area contributed by atoms with E-state index in [1.165, 1.54) is 13.2 Å². The molecule has 0 aliphatic rings. The number of amides is 1. The highest BCUT2D eigenvalue weighted by molar-refractivity contribution is 6.05. The topological polar surface area (TPSA) is 86.8 Å². The zero-order valence-corrected chi connectivity index (χ0v) is 19.4. The number of ether oxygens (including phenoxy) is 3. The number of nitrogens with zero attached hydrogens (tertiary/aromatic N) is 1. The third kappa shape index (κ3) is 5.22. The van der Waals surface area contributed by atoms with Crippen LogP contribution in [-0.4, -0.2) is 37.7 Å². The number of aryl methyl sites for hydroxylation is 1. The standard InChI is InChI=1S/C27H23FN2O5/c1-16-8-10-18(13-21(16)28)29-26(31)15-35-27(32)20-14-23(30-22-7-5-4-6-19(20)22)17-9-11-24(33-2)25(12-17)34-3/h4-14H,15H2,1-3H3,(H,29,31). The minimum atomic E-state index is -0.685. The number of esters is 1. The molecule has 0 saturated heterocycles. The zero-order chi connectivity index (χ0) is 24.9. The number of carbonyl (C=O) groups excluding carboxylic acids is 2. The lowest BCUT2D eigenvalue weighted by Crippen LogP contribution is -2.21. The number of pyridine rings is 1. The number of carbonyl (C=O) groups is 2. The van der Waals surface area contributed by atoms with Crippen LogP contribution in [0.5, 0.6) is 11.5 Å². The number of hydrogen-bond donors (Lipinski definition) is 1. The summed E-state index contributed by atoms with van der Waals surface area (Å²) in [5.74, 6) is -0.620. The lowest BCUT2D eigenvalue weighted by molar-refractivity contribution is -0.119. The van der Waals surface area contributed by atoms with Crippen molar-refractivity contribution in [2.45, 2.75) is 6.92 Å². The summed E-state index contributed by atoms with van der Waals surface area (Å²) < 4.78 is 29.7. The molecule has 0 unspecified atom stereocenters. The first-order valence-corrected chi connectivity index (χ1v) is 10.7. The summed E-state index contributed by atoms with van der Waals surface area (Å²) in [4.78, 5) is 29.9. The van der Waals surface area contributed by atoms with Gasteiger partial charge in [0.05, 0.1) is 31.0 Å². The van der Waals surface area contributed by atoms with Crippen molar-refractivity contribution >= 4 is 28.5 Å². The normalized spacial score (nSPS) is 10.6. The SMILES string of the molecule is COc1ccc(-c2cc(C(=O)OCC(=O)Nc3ccc(C)c(F)c3)c3ccccc3n2)cc1OC. The molecule has 35 heavy (non-hydrogen) atoms. The molecule has 1 amide bonds. The van der Waals surface area contributed by atoms with Gasteiger partial charge in [-0.3, -0.25) is 4.79 Å². The molecule has 178 valence electrons. The number of rotatable bonds is 7. The van der Waals surface area contributed by atoms with Gasteiger partial charge in [0.15, 0.2) is 18.1 Å². The van der Waals surface area contributed by atoms with Crippen LogP contribution in [0.15, 0.2) is 66.7 Å². The number of fused-ring (bicyclic) bond motifs is 1. The molecular formula is C27H23FN2O5. The summed E-state index contributed by atoms with van der Waals surface area (Å²) in [6.45, 7) is 1.09. The smallest absolute Gasteiger partial charge is 0.339 e. The van der Waals surface area contributed by atoms with E-state index in [0.717, 1.165) is 0 Å². The van der Waals surface area contributed by atoms with E-state index in [-0.39, 0.29) is 11.3 Å². The van der Waals surface area contributed by atoms with E-state index in [0.29, 0.717) is 39.2 Å². The Labute approximate surface area is 201 Å². The Hall–Kier alpha value is -4.46. The van der Waals surface area contributed by atoms with Crippen LogP contribution < -0.4 is 14.8 Å². The van der Waals surface area contributed by atoms with Crippen molar-refractivity contribution in [2.24, 2.45) is 0 Å². The number of halogens is 1. The van der Waals surface area contributed by atoms with Crippen LogP contribution in [0.2, 0.25) is 0 Å². The van der Waals surface area contributed by atoms with Crippen molar-refractivity contribution in [3.63, 3.8) is 0 Å². The lowest BCUT2D eigenvalue weighted by Gasteiger charge is -2.12. The van der Waals surface area contributed by atoms with Crippen molar-refractivity contribution in [1.29, 1.82) is 0 Å². The van der Waals surface area contributed by atoms with Crippen molar-refractivity contribution < 1.29 is 28.2 Å². The highest BCUT2D eigenvalue weighted by Gasteiger charge is 2.18. The number of anilines is 1. The molecule has 4 rings (SSSR count). The molecule has 1 heterocycles. The van der Waals surface area contributed by atoms with Gasteiger partial charge in [-0.1, -0.05) is 24.3 Å². The van der Waals surface area contributed by atoms with Crippen LogP contribution >= 0.6 is 0 Å². The van der Waals surface area contributed by atoms with Gasteiger partial charge < -0.3 is 19.5 Å². The van der Waals surface area contributed by atoms with Gasteiger partial charge >= 0.3 is 5.97 Å². The molecule has 0 fully saturated rings. The number of nitrogens with one attached hydrogen (secondary N) is 1. The lowest BCUT2D eigenvalue weighted by atomic mass is 10.0.